The Morgan fingerprint density at radius 1 is 1.30 bits per heavy atom. The van der Waals surface area contributed by atoms with Crippen LogP contribution in [0, 0.1) is 12.3 Å². The minimum atomic E-state index is -0.178. The van der Waals surface area contributed by atoms with Gasteiger partial charge in [-0.3, -0.25) is 9.36 Å². The van der Waals surface area contributed by atoms with Gasteiger partial charge >= 0.3 is 0 Å². The summed E-state index contributed by atoms with van der Waals surface area (Å²) in [5, 5.41) is 0.745. The van der Waals surface area contributed by atoms with Crippen LogP contribution in [0.25, 0.3) is 5.69 Å². The van der Waals surface area contributed by atoms with E-state index in [1.807, 2.05) is 0 Å². The first-order chi connectivity index (χ1) is 12.9. The van der Waals surface area contributed by atoms with E-state index in [1.165, 1.54) is 4.57 Å². The minimum Gasteiger partial charge on any atom is -0.379 e. The van der Waals surface area contributed by atoms with E-state index < -0.39 is 0 Å². The Morgan fingerprint density at radius 3 is 2.67 bits per heavy atom. The molecule has 4 rings (SSSR count). The Morgan fingerprint density at radius 2 is 2.04 bits per heavy atom. The maximum Gasteiger partial charge on any atom is 0.260 e. The van der Waals surface area contributed by atoms with E-state index in [4.69, 9.17) is 33.7 Å². The molecule has 0 radical (unpaired) electrons. The number of nitrogens with zero attached hydrogens (tertiary/aromatic N) is 3. The molecule has 8 heteroatoms. The normalized spacial score (nSPS) is 21.8. The molecule has 0 saturated carbocycles. The lowest BCUT2D eigenvalue weighted by Crippen LogP contribution is -2.49. The molecule has 2 fully saturated rings. The van der Waals surface area contributed by atoms with Gasteiger partial charge in [-0.1, -0.05) is 29.3 Å². The summed E-state index contributed by atoms with van der Waals surface area (Å²) in [6, 6.07) is 6.87. The summed E-state index contributed by atoms with van der Waals surface area (Å²) in [4.78, 5) is 19.6. The predicted molar refractivity (Wildman–Crippen MR) is 107 cm³/mol. The number of nitrogens with two attached hydrogens (primary N) is 1. The fraction of sp³-hybridized carbons (Fsp3) is 0.474. The Balaban J connectivity index is 1.61. The number of rotatable bonds is 2. The zero-order valence-corrected chi connectivity index (χ0v) is 16.6. The third kappa shape index (κ3) is 3.25. The quantitative estimate of drug-likeness (QED) is 0.826. The highest BCUT2D eigenvalue weighted by Gasteiger charge is 2.44. The molecule has 2 saturated heterocycles. The summed E-state index contributed by atoms with van der Waals surface area (Å²) in [6.45, 7) is 4.78. The fourth-order valence-electron chi connectivity index (χ4n) is 4.07. The highest BCUT2D eigenvalue weighted by molar-refractivity contribution is 6.43. The third-order valence-electron chi connectivity index (χ3n) is 5.80. The number of anilines is 1. The predicted octanol–water partition coefficient (Wildman–Crippen LogP) is 2.79. The molecule has 2 aliphatic heterocycles. The number of hydrogen-bond donors (Lipinski definition) is 1. The van der Waals surface area contributed by atoms with Gasteiger partial charge in [-0.2, -0.15) is 0 Å². The van der Waals surface area contributed by atoms with Crippen molar-refractivity contribution in [1.82, 2.24) is 9.55 Å². The van der Waals surface area contributed by atoms with Gasteiger partial charge in [0.05, 0.1) is 28.9 Å². The average molecular weight is 409 g/mol. The minimum absolute atomic E-state index is 0.0643. The van der Waals surface area contributed by atoms with Crippen LogP contribution in [0.15, 0.2) is 29.1 Å². The first-order valence-corrected chi connectivity index (χ1v) is 9.80. The summed E-state index contributed by atoms with van der Waals surface area (Å²) in [7, 11) is 0. The van der Waals surface area contributed by atoms with Crippen molar-refractivity contribution in [3.05, 3.63) is 50.5 Å². The molecule has 2 aliphatic rings. The smallest absolute Gasteiger partial charge is 0.260 e. The van der Waals surface area contributed by atoms with Crippen molar-refractivity contribution in [2.75, 3.05) is 31.2 Å². The van der Waals surface area contributed by atoms with Crippen molar-refractivity contribution in [3.8, 4) is 5.69 Å². The molecule has 2 aromatic rings. The van der Waals surface area contributed by atoms with Gasteiger partial charge in [-0.25, -0.2) is 4.98 Å². The summed E-state index contributed by atoms with van der Waals surface area (Å²) < 4.78 is 7.07. The zero-order valence-electron chi connectivity index (χ0n) is 15.1. The Bertz CT molecular complexity index is 922. The van der Waals surface area contributed by atoms with Crippen LogP contribution in [-0.4, -0.2) is 41.9 Å². The van der Waals surface area contributed by atoms with Crippen molar-refractivity contribution in [2.45, 2.75) is 25.8 Å². The lowest BCUT2D eigenvalue weighted by atomic mass is 9.75. The molecule has 0 unspecified atom stereocenters. The van der Waals surface area contributed by atoms with E-state index >= 15 is 0 Å². The van der Waals surface area contributed by atoms with Gasteiger partial charge in [0.1, 0.15) is 11.6 Å². The van der Waals surface area contributed by atoms with Crippen LogP contribution >= 0.6 is 23.2 Å². The van der Waals surface area contributed by atoms with Gasteiger partial charge in [0.15, 0.2) is 0 Å². The van der Waals surface area contributed by atoms with Gasteiger partial charge in [-0.05, 0) is 31.9 Å². The number of halogens is 2. The fourth-order valence-corrected chi connectivity index (χ4v) is 4.45. The molecule has 1 aromatic carbocycles. The molecule has 3 heterocycles. The van der Waals surface area contributed by atoms with Gasteiger partial charge in [0.2, 0.25) is 0 Å². The highest BCUT2D eigenvalue weighted by atomic mass is 35.5. The van der Waals surface area contributed by atoms with Crippen LogP contribution in [0.2, 0.25) is 10.0 Å². The zero-order chi connectivity index (χ0) is 19.2. The van der Waals surface area contributed by atoms with E-state index in [2.05, 4.69) is 9.88 Å². The number of benzene rings is 1. The number of ether oxygens (including phenoxy) is 1. The van der Waals surface area contributed by atoms with E-state index in [0.29, 0.717) is 34.0 Å². The van der Waals surface area contributed by atoms with Crippen LogP contribution in [0.1, 0.15) is 18.7 Å². The van der Waals surface area contributed by atoms with Crippen LogP contribution < -0.4 is 16.2 Å². The Labute approximate surface area is 167 Å². The molecule has 1 atom stereocenters. The van der Waals surface area contributed by atoms with Crippen molar-refractivity contribution in [2.24, 2.45) is 11.1 Å². The maximum atomic E-state index is 12.8. The lowest BCUT2D eigenvalue weighted by molar-refractivity contribution is 0.131. The molecule has 1 aromatic heterocycles. The van der Waals surface area contributed by atoms with Crippen molar-refractivity contribution >= 4 is 29.0 Å². The van der Waals surface area contributed by atoms with Crippen LogP contribution in [-0.2, 0) is 4.74 Å². The van der Waals surface area contributed by atoms with Gasteiger partial charge < -0.3 is 15.4 Å². The molecular formula is C19H22Cl2N4O2. The summed E-state index contributed by atoms with van der Waals surface area (Å²) >= 11 is 12.4. The molecule has 1 spiro atoms. The molecule has 0 aliphatic carbocycles. The molecule has 0 bridgehead atoms. The van der Waals surface area contributed by atoms with Crippen LogP contribution in [0.4, 0.5) is 5.82 Å². The average Bonchev–Trinajstić information content (AvgIpc) is 2.98. The number of piperidine rings is 1. The molecule has 6 nitrogen and oxygen atoms in total. The second-order valence-corrected chi connectivity index (χ2v) is 8.16. The first-order valence-electron chi connectivity index (χ1n) is 9.05. The number of aromatic nitrogens is 2. The van der Waals surface area contributed by atoms with Crippen molar-refractivity contribution in [3.63, 3.8) is 0 Å². The first kappa shape index (κ1) is 18.7. The summed E-state index contributed by atoms with van der Waals surface area (Å²) in [5.74, 6) is 1.26. The maximum absolute atomic E-state index is 12.8. The van der Waals surface area contributed by atoms with Gasteiger partial charge in [-0.15, -0.1) is 0 Å². The van der Waals surface area contributed by atoms with Crippen molar-refractivity contribution in [1.29, 1.82) is 0 Å². The van der Waals surface area contributed by atoms with E-state index in [-0.39, 0.29) is 17.0 Å². The number of hydrogen-bond acceptors (Lipinski definition) is 5. The van der Waals surface area contributed by atoms with Gasteiger partial charge in [0, 0.05) is 30.6 Å². The Hall–Kier alpha value is -1.60. The topological polar surface area (TPSA) is 73.4 Å². The van der Waals surface area contributed by atoms with E-state index in [1.54, 1.807) is 31.2 Å². The van der Waals surface area contributed by atoms with Crippen LogP contribution in [0.5, 0.6) is 0 Å². The van der Waals surface area contributed by atoms with Gasteiger partial charge in [0.25, 0.3) is 5.56 Å². The summed E-state index contributed by atoms with van der Waals surface area (Å²) in [5.41, 5.74) is 6.68. The second-order valence-electron chi connectivity index (χ2n) is 7.38. The SMILES string of the molecule is Cc1nc(N2CCC3(CC2)COC[C@H]3N)cc(=O)n1-c1cccc(Cl)c1Cl. The monoisotopic (exact) mass is 408 g/mol. The lowest BCUT2D eigenvalue weighted by Gasteiger charge is -2.41. The van der Waals surface area contributed by atoms with E-state index in [0.717, 1.165) is 32.5 Å². The Kier molecular flexibility index (Phi) is 4.93. The highest BCUT2D eigenvalue weighted by Crippen LogP contribution is 2.39. The van der Waals surface area contributed by atoms with Crippen LogP contribution in [0.3, 0.4) is 0 Å². The second kappa shape index (κ2) is 7.09. The molecular weight excluding hydrogens is 387 g/mol. The van der Waals surface area contributed by atoms with Crippen molar-refractivity contribution < 1.29 is 4.74 Å². The molecule has 0 amide bonds. The number of aryl methyl sites for hydroxylation is 1. The molecule has 27 heavy (non-hydrogen) atoms. The third-order valence-corrected chi connectivity index (χ3v) is 6.61. The summed E-state index contributed by atoms with van der Waals surface area (Å²) in [6.07, 6.45) is 1.89. The largest absolute Gasteiger partial charge is 0.379 e. The molecule has 2 N–H and O–H groups in total. The van der Waals surface area contributed by atoms with E-state index in [9.17, 15) is 4.79 Å². The molecule has 144 valence electrons. The standard InChI is InChI=1S/C19H22Cl2N4O2/c1-12-23-16(24-7-5-19(6-8-24)11-27-10-15(19)22)9-17(26)25(12)14-4-2-3-13(20)18(14)21/h2-4,9,15H,5-8,10-11,22H2,1H3/t15-/m1/s1.